The van der Waals surface area contributed by atoms with E-state index >= 15 is 0 Å². The van der Waals surface area contributed by atoms with Crippen LogP contribution in [-0.2, 0) is 5.41 Å². The minimum atomic E-state index is -0.0472. The van der Waals surface area contributed by atoms with E-state index in [0.29, 0.717) is 17.9 Å². The van der Waals surface area contributed by atoms with Crippen LogP contribution in [0.1, 0.15) is 41.6 Å². The summed E-state index contributed by atoms with van der Waals surface area (Å²) in [5.74, 6) is 0.657. The van der Waals surface area contributed by atoms with Gasteiger partial charge in [-0.2, -0.15) is 0 Å². The number of nitrogens with zero attached hydrogens (tertiary/aromatic N) is 2. The van der Waals surface area contributed by atoms with Crippen molar-refractivity contribution in [2.45, 2.75) is 31.1 Å². The van der Waals surface area contributed by atoms with E-state index in [0.717, 1.165) is 12.8 Å². The first kappa shape index (κ1) is 16.5. The maximum atomic E-state index is 12.7. The Morgan fingerprint density at radius 1 is 1.12 bits per heavy atom. The molecule has 1 fully saturated rings. The Labute approximate surface area is 143 Å². The molecule has 0 saturated heterocycles. The van der Waals surface area contributed by atoms with Gasteiger partial charge in [0, 0.05) is 32.3 Å². The van der Waals surface area contributed by atoms with Gasteiger partial charge in [-0.15, -0.1) is 0 Å². The van der Waals surface area contributed by atoms with E-state index in [1.54, 1.807) is 6.20 Å². The summed E-state index contributed by atoms with van der Waals surface area (Å²) in [6.45, 7) is 0.678. The standard InChI is InChI=1S/C20H25N3O/c1-23(2)18-17(11-8-14-21-18)19(24)22-15-20(12-6-7-13-20)16-9-4-3-5-10-16/h3-5,8-11,14H,6-7,12-13,15H2,1-2H3,(H,22,24). The summed E-state index contributed by atoms with van der Waals surface area (Å²) in [7, 11) is 3.81. The molecule has 1 amide bonds. The molecule has 0 unspecified atom stereocenters. The van der Waals surface area contributed by atoms with Gasteiger partial charge in [0.15, 0.2) is 0 Å². The van der Waals surface area contributed by atoms with Crippen molar-refractivity contribution >= 4 is 11.7 Å². The molecule has 3 rings (SSSR count). The van der Waals surface area contributed by atoms with Crippen LogP contribution in [-0.4, -0.2) is 31.5 Å². The van der Waals surface area contributed by atoms with E-state index in [9.17, 15) is 4.79 Å². The van der Waals surface area contributed by atoms with Gasteiger partial charge >= 0.3 is 0 Å². The van der Waals surface area contributed by atoms with Gasteiger partial charge in [-0.05, 0) is 30.5 Å². The molecular weight excluding hydrogens is 298 g/mol. The molecule has 1 aromatic heterocycles. The topological polar surface area (TPSA) is 45.2 Å². The number of hydrogen-bond donors (Lipinski definition) is 1. The summed E-state index contributed by atoms with van der Waals surface area (Å²) < 4.78 is 0. The maximum Gasteiger partial charge on any atom is 0.255 e. The Morgan fingerprint density at radius 3 is 2.50 bits per heavy atom. The third-order valence-corrected chi connectivity index (χ3v) is 4.99. The Bertz CT molecular complexity index is 691. The molecule has 0 atom stereocenters. The monoisotopic (exact) mass is 323 g/mol. The number of carbonyl (C=O) groups excluding carboxylic acids is 1. The number of pyridine rings is 1. The molecule has 0 spiro atoms. The molecule has 4 nitrogen and oxygen atoms in total. The van der Waals surface area contributed by atoms with Crippen LogP contribution in [0.3, 0.4) is 0 Å². The Balaban J connectivity index is 1.78. The zero-order valence-corrected chi connectivity index (χ0v) is 14.5. The molecule has 24 heavy (non-hydrogen) atoms. The van der Waals surface area contributed by atoms with Crippen LogP contribution in [0.5, 0.6) is 0 Å². The second kappa shape index (κ2) is 7.04. The number of amides is 1. The van der Waals surface area contributed by atoms with Crippen LogP contribution in [0.2, 0.25) is 0 Å². The number of anilines is 1. The fourth-order valence-corrected chi connectivity index (χ4v) is 3.69. The van der Waals surface area contributed by atoms with Crippen LogP contribution < -0.4 is 10.2 Å². The summed E-state index contributed by atoms with van der Waals surface area (Å²) in [4.78, 5) is 18.9. The molecular formula is C20H25N3O. The maximum absolute atomic E-state index is 12.7. The van der Waals surface area contributed by atoms with Crippen LogP contribution in [0.4, 0.5) is 5.82 Å². The Kier molecular flexibility index (Phi) is 4.84. The van der Waals surface area contributed by atoms with Gasteiger partial charge in [-0.3, -0.25) is 4.79 Å². The van der Waals surface area contributed by atoms with Gasteiger partial charge in [-0.25, -0.2) is 4.98 Å². The second-order valence-electron chi connectivity index (χ2n) is 6.81. The number of benzene rings is 1. The third kappa shape index (κ3) is 3.28. The highest BCUT2D eigenvalue weighted by Crippen LogP contribution is 2.40. The molecule has 1 aliphatic carbocycles. The van der Waals surface area contributed by atoms with E-state index in [2.05, 4.69) is 34.6 Å². The van der Waals surface area contributed by atoms with Gasteiger partial charge in [0.2, 0.25) is 0 Å². The lowest BCUT2D eigenvalue weighted by molar-refractivity contribution is 0.0943. The van der Waals surface area contributed by atoms with Crippen LogP contribution in [0, 0.1) is 0 Å². The highest BCUT2D eigenvalue weighted by atomic mass is 16.1. The van der Waals surface area contributed by atoms with Gasteiger partial charge in [0.1, 0.15) is 5.82 Å². The number of aromatic nitrogens is 1. The lowest BCUT2D eigenvalue weighted by Gasteiger charge is -2.30. The lowest BCUT2D eigenvalue weighted by Crippen LogP contribution is -2.39. The fraction of sp³-hybridized carbons (Fsp3) is 0.400. The highest BCUT2D eigenvalue weighted by molar-refractivity contribution is 5.98. The molecule has 1 aliphatic rings. The highest BCUT2D eigenvalue weighted by Gasteiger charge is 2.35. The predicted molar refractivity (Wildman–Crippen MR) is 97.5 cm³/mol. The van der Waals surface area contributed by atoms with Crippen molar-refractivity contribution in [1.29, 1.82) is 0 Å². The number of rotatable bonds is 5. The summed E-state index contributed by atoms with van der Waals surface area (Å²) >= 11 is 0. The average Bonchev–Trinajstić information content (AvgIpc) is 3.10. The van der Waals surface area contributed by atoms with E-state index in [4.69, 9.17) is 0 Å². The number of hydrogen-bond acceptors (Lipinski definition) is 3. The molecule has 1 aromatic carbocycles. The van der Waals surface area contributed by atoms with E-state index in [1.807, 2.05) is 37.2 Å². The minimum absolute atomic E-state index is 0.0472. The van der Waals surface area contributed by atoms with Crippen molar-refractivity contribution in [2.75, 3.05) is 25.5 Å². The van der Waals surface area contributed by atoms with Crippen molar-refractivity contribution in [3.63, 3.8) is 0 Å². The smallest absolute Gasteiger partial charge is 0.255 e. The zero-order valence-electron chi connectivity index (χ0n) is 14.5. The van der Waals surface area contributed by atoms with Crippen molar-refractivity contribution in [3.05, 3.63) is 59.8 Å². The molecule has 0 aliphatic heterocycles. The first-order valence-electron chi connectivity index (χ1n) is 8.58. The fourth-order valence-electron chi connectivity index (χ4n) is 3.69. The van der Waals surface area contributed by atoms with Crippen molar-refractivity contribution < 1.29 is 4.79 Å². The van der Waals surface area contributed by atoms with Crippen molar-refractivity contribution in [3.8, 4) is 0 Å². The Morgan fingerprint density at radius 2 is 1.83 bits per heavy atom. The molecule has 126 valence electrons. The van der Waals surface area contributed by atoms with Gasteiger partial charge in [0.05, 0.1) is 5.56 Å². The quantitative estimate of drug-likeness (QED) is 0.917. The third-order valence-electron chi connectivity index (χ3n) is 4.99. The summed E-state index contributed by atoms with van der Waals surface area (Å²) in [6, 6.07) is 14.2. The molecule has 4 heteroatoms. The number of carbonyl (C=O) groups is 1. The van der Waals surface area contributed by atoms with E-state index < -0.39 is 0 Å². The molecule has 1 N–H and O–H groups in total. The normalized spacial score (nSPS) is 15.9. The summed E-state index contributed by atoms with van der Waals surface area (Å²) in [5.41, 5.74) is 2.03. The molecule has 2 aromatic rings. The van der Waals surface area contributed by atoms with E-state index in [1.165, 1.54) is 18.4 Å². The van der Waals surface area contributed by atoms with Gasteiger partial charge < -0.3 is 10.2 Å². The van der Waals surface area contributed by atoms with Gasteiger partial charge in [-0.1, -0.05) is 43.2 Å². The second-order valence-corrected chi connectivity index (χ2v) is 6.81. The van der Waals surface area contributed by atoms with Crippen LogP contribution in [0.25, 0.3) is 0 Å². The van der Waals surface area contributed by atoms with Gasteiger partial charge in [0.25, 0.3) is 5.91 Å². The zero-order chi connectivity index (χ0) is 17.0. The summed E-state index contributed by atoms with van der Waals surface area (Å²) in [6.07, 6.45) is 6.42. The van der Waals surface area contributed by atoms with Crippen LogP contribution in [0.15, 0.2) is 48.7 Å². The lowest BCUT2D eigenvalue weighted by atomic mass is 9.79. The average molecular weight is 323 g/mol. The minimum Gasteiger partial charge on any atom is -0.362 e. The molecule has 0 bridgehead atoms. The predicted octanol–water partition coefficient (Wildman–Crippen LogP) is 3.39. The van der Waals surface area contributed by atoms with Crippen molar-refractivity contribution in [1.82, 2.24) is 10.3 Å². The number of nitrogens with one attached hydrogen (secondary N) is 1. The SMILES string of the molecule is CN(C)c1ncccc1C(=O)NCC1(c2ccccc2)CCCC1. The molecule has 1 saturated carbocycles. The van der Waals surface area contributed by atoms with E-state index in [-0.39, 0.29) is 11.3 Å². The van der Waals surface area contributed by atoms with Crippen molar-refractivity contribution in [2.24, 2.45) is 0 Å². The first-order chi connectivity index (χ1) is 11.6. The molecule has 1 heterocycles. The largest absolute Gasteiger partial charge is 0.362 e. The van der Waals surface area contributed by atoms with Crippen LogP contribution >= 0.6 is 0 Å². The summed E-state index contributed by atoms with van der Waals surface area (Å²) in [5, 5.41) is 3.17. The molecule has 0 radical (unpaired) electrons. The first-order valence-corrected chi connectivity index (χ1v) is 8.58. The Hall–Kier alpha value is -2.36.